The number of pyridine rings is 1. The fourth-order valence-corrected chi connectivity index (χ4v) is 3.59. The molecule has 208 valence electrons. The van der Waals surface area contributed by atoms with E-state index in [0.29, 0.717) is 16.9 Å². The van der Waals surface area contributed by atoms with Crippen molar-refractivity contribution in [1.29, 1.82) is 0 Å². The van der Waals surface area contributed by atoms with E-state index in [9.17, 15) is 36.2 Å². The molecule has 0 spiro atoms. The molecule has 0 saturated carbocycles. The molecule has 0 saturated heterocycles. The second kappa shape index (κ2) is 11.6. The second-order valence-corrected chi connectivity index (χ2v) is 8.34. The van der Waals surface area contributed by atoms with E-state index in [1.165, 1.54) is 12.1 Å². The molecule has 3 rings (SSSR count). The van der Waals surface area contributed by atoms with Crippen molar-refractivity contribution in [2.45, 2.75) is 31.2 Å². The van der Waals surface area contributed by atoms with Crippen molar-refractivity contribution in [3.05, 3.63) is 47.9 Å². The number of aryl methyl sites for hydroxylation is 1. The van der Waals surface area contributed by atoms with Gasteiger partial charge in [0.25, 0.3) is 0 Å². The number of benzene rings is 1. The second-order valence-electron chi connectivity index (χ2n) is 8.34. The van der Waals surface area contributed by atoms with Gasteiger partial charge in [-0.1, -0.05) is 0 Å². The molecule has 0 bridgehead atoms. The third-order valence-electron chi connectivity index (χ3n) is 5.49. The van der Waals surface area contributed by atoms with Crippen LogP contribution in [-0.2, 0) is 24.2 Å². The Hall–Kier alpha value is -4.25. The van der Waals surface area contributed by atoms with E-state index in [1.807, 2.05) is 0 Å². The number of aromatic nitrogens is 3. The number of rotatable bonds is 9. The van der Waals surface area contributed by atoms with Crippen molar-refractivity contribution in [1.82, 2.24) is 20.1 Å². The van der Waals surface area contributed by atoms with Crippen LogP contribution in [0.2, 0.25) is 0 Å². The van der Waals surface area contributed by atoms with Crippen molar-refractivity contribution in [3.8, 4) is 46.2 Å². The highest BCUT2D eigenvalue weighted by Gasteiger charge is 2.36. The molecule has 2 heterocycles. The first-order chi connectivity index (χ1) is 18.2. The van der Waals surface area contributed by atoms with Gasteiger partial charge in [0.1, 0.15) is 17.2 Å². The lowest BCUT2D eigenvalue weighted by atomic mass is 9.98. The number of hydrogen-bond acceptors (Lipinski definition) is 6. The number of halogens is 6. The minimum Gasteiger partial charge on any atom is -0.506 e. The smallest absolute Gasteiger partial charge is 0.433 e. The third kappa shape index (κ3) is 6.99. The van der Waals surface area contributed by atoms with Crippen LogP contribution in [0.25, 0.3) is 22.4 Å². The average molecular weight is 555 g/mol. The van der Waals surface area contributed by atoms with Gasteiger partial charge in [-0.15, -0.1) is 12.3 Å². The Kier molecular flexibility index (Phi) is 8.75. The molecule has 39 heavy (non-hydrogen) atoms. The first kappa shape index (κ1) is 29.3. The minimum absolute atomic E-state index is 0.0447. The zero-order valence-electron chi connectivity index (χ0n) is 20.4. The number of aromatic hydroxyl groups is 1. The number of ether oxygens (including phenoxy) is 1. The van der Waals surface area contributed by atoms with Gasteiger partial charge in [-0.05, 0) is 30.7 Å². The summed E-state index contributed by atoms with van der Waals surface area (Å²) in [6.07, 6.45) is -2.44. The third-order valence-corrected chi connectivity index (χ3v) is 5.49. The predicted octanol–water partition coefficient (Wildman–Crippen LogP) is 4.13. The number of terminal acetylenes is 1. The topological polar surface area (TPSA) is 115 Å². The lowest BCUT2D eigenvalue weighted by molar-refractivity contribution is -0.143. The Morgan fingerprint density at radius 2 is 1.92 bits per heavy atom. The van der Waals surface area contributed by atoms with Crippen molar-refractivity contribution in [2.24, 2.45) is 12.8 Å². The largest absolute Gasteiger partial charge is 0.506 e. The Labute approximate surface area is 218 Å². The van der Waals surface area contributed by atoms with Crippen LogP contribution in [0.15, 0.2) is 36.7 Å². The Morgan fingerprint density at radius 3 is 2.54 bits per heavy atom. The van der Waals surface area contributed by atoms with Crippen molar-refractivity contribution in [3.63, 3.8) is 0 Å². The molecule has 1 amide bonds. The lowest BCUT2D eigenvalue weighted by Crippen LogP contribution is -2.40. The molecule has 0 aliphatic carbocycles. The number of phenolic OH excluding ortho intramolecular Hbond substituents is 1. The molecule has 0 aliphatic heterocycles. The number of alkyl halides is 6. The molecule has 0 radical (unpaired) electrons. The van der Waals surface area contributed by atoms with E-state index in [2.05, 4.69) is 21.3 Å². The van der Waals surface area contributed by atoms with Gasteiger partial charge in [-0.2, -0.15) is 31.4 Å². The Morgan fingerprint density at radius 1 is 1.21 bits per heavy atom. The van der Waals surface area contributed by atoms with Crippen LogP contribution in [0, 0.1) is 12.3 Å². The monoisotopic (exact) mass is 555 g/mol. The van der Waals surface area contributed by atoms with Crippen LogP contribution >= 0.6 is 0 Å². The first-order valence-corrected chi connectivity index (χ1v) is 11.3. The fourth-order valence-electron chi connectivity index (χ4n) is 3.59. The summed E-state index contributed by atoms with van der Waals surface area (Å²) in [5.41, 5.74) is 2.54. The highest BCUT2D eigenvalue weighted by Crippen LogP contribution is 2.45. The van der Waals surface area contributed by atoms with Crippen LogP contribution in [0.5, 0.6) is 11.5 Å². The van der Waals surface area contributed by atoms with Crippen molar-refractivity contribution < 1.29 is 41.0 Å². The zero-order chi connectivity index (χ0) is 29.0. The molecule has 4 N–H and O–H groups in total. The summed E-state index contributed by atoms with van der Waals surface area (Å²) in [5.74, 6) is 1.07. The highest BCUT2D eigenvalue weighted by atomic mass is 19.4. The molecule has 1 atom stereocenters. The van der Waals surface area contributed by atoms with E-state index in [4.69, 9.17) is 16.9 Å². The molecular weight excluding hydrogens is 532 g/mol. The average Bonchev–Trinajstić information content (AvgIpc) is 3.25. The van der Waals surface area contributed by atoms with Crippen LogP contribution in [0.4, 0.5) is 26.3 Å². The zero-order valence-corrected chi connectivity index (χ0v) is 20.4. The quantitative estimate of drug-likeness (QED) is 0.208. The van der Waals surface area contributed by atoms with Crippen LogP contribution in [0.1, 0.15) is 24.1 Å². The van der Waals surface area contributed by atoms with E-state index in [1.54, 1.807) is 0 Å². The number of nitrogens with one attached hydrogen (secondary N) is 1. The first-order valence-electron chi connectivity index (χ1n) is 11.3. The van der Waals surface area contributed by atoms with Gasteiger partial charge in [-0.25, -0.2) is 0 Å². The van der Waals surface area contributed by atoms with Gasteiger partial charge < -0.3 is 20.9 Å². The van der Waals surface area contributed by atoms with Gasteiger partial charge in [0, 0.05) is 43.5 Å². The predicted molar refractivity (Wildman–Crippen MR) is 128 cm³/mol. The summed E-state index contributed by atoms with van der Waals surface area (Å²) < 4.78 is 86.1. The number of nitrogens with two attached hydrogens (primary N) is 1. The number of nitrogens with zero attached hydrogens (tertiary/aromatic N) is 3. The fraction of sp³-hybridized carbons (Fsp3) is 0.320. The molecule has 1 unspecified atom stereocenters. The molecule has 8 nitrogen and oxygen atoms in total. The lowest BCUT2D eigenvalue weighted by Gasteiger charge is -2.17. The SMILES string of the molecule is C#CCC(N)C(=O)NCCCOc1ccc(-c2cc(C(F)(F)F)n(C)n2)c(O)c1-c1cncc(C(F)(F)F)c1. The Bertz CT molecular complexity index is 1380. The van der Waals surface area contributed by atoms with Crippen molar-refractivity contribution >= 4 is 5.91 Å². The van der Waals surface area contributed by atoms with Gasteiger partial charge in [0.05, 0.1) is 29.5 Å². The van der Waals surface area contributed by atoms with Gasteiger partial charge >= 0.3 is 12.4 Å². The van der Waals surface area contributed by atoms with E-state index in [-0.39, 0.29) is 54.1 Å². The maximum atomic E-state index is 13.3. The van der Waals surface area contributed by atoms with Crippen LogP contribution in [0.3, 0.4) is 0 Å². The number of carbonyl (C=O) groups is 1. The summed E-state index contributed by atoms with van der Waals surface area (Å²) in [6, 6.07) is 3.07. The molecule has 2 aromatic heterocycles. The van der Waals surface area contributed by atoms with Gasteiger partial charge in [-0.3, -0.25) is 14.5 Å². The standard InChI is InChI=1S/C25H23F6N5O3/c1-3-5-17(32)23(38)34-8-4-9-39-19-7-6-16(18-11-20(25(29,30)31)36(2)35-18)22(37)21(19)14-10-15(13-33-12-14)24(26,27)28/h1,6-7,10-13,17,37H,4-5,8-9,32H2,2H3,(H,34,38). The maximum Gasteiger partial charge on any atom is 0.433 e. The highest BCUT2D eigenvalue weighted by molar-refractivity contribution is 5.85. The molecular formula is C25H23F6N5O3. The van der Waals surface area contributed by atoms with Crippen LogP contribution < -0.4 is 15.8 Å². The molecule has 3 aromatic rings. The summed E-state index contributed by atoms with van der Waals surface area (Å²) in [6.45, 7) is 0.0837. The number of amides is 1. The number of phenols is 1. The summed E-state index contributed by atoms with van der Waals surface area (Å²) >= 11 is 0. The molecule has 0 fully saturated rings. The Balaban J connectivity index is 1.95. The van der Waals surface area contributed by atoms with Gasteiger partial charge in [0.15, 0.2) is 0 Å². The minimum atomic E-state index is -4.75. The summed E-state index contributed by atoms with van der Waals surface area (Å²) in [4.78, 5) is 15.4. The maximum absolute atomic E-state index is 13.3. The molecule has 0 aliphatic rings. The summed E-state index contributed by atoms with van der Waals surface area (Å²) in [7, 11) is 1.07. The molecule has 14 heteroatoms. The van der Waals surface area contributed by atoms with E-state index >= 15 is 0 Å². The van der Waals surface area contributed by atoms with Crippen molar-refractivity contribution in [2.75, 3.05) is 13.2 Å². The normalized spacial score (nSPS) is 12.6. The molecule has 1 aromatic carbocycles. The summed E-state index contributed by atoms with van der Waals surface area (Å²) in [5, 5.41) is 17.4. The van der Waals surface area contributed by atoms with E-state index < -0.39 is 41.3 Å². The van der Waals surface area contributed by atoms with E-state index in [0.717, 1.165) is 19.3 Å². The van der Waals surface area contributed by atoms with Crippen LogP contribution in [-0.4, -0.2) is 45.0 Å². The number of hydrogen-bond donors (Lipinski definition) is 3. The number of carbonyl (C=O) groups excluding carboxylic acids is 1. The van der Waals surface area contributed by atoms with Gasteiger partial charge in [0.2, 0.25) is 5.91 Å².